The lowest BCUT2D eigenvalue weighted by Crippen LogP contribution is -2.44. The summed E-state index contributed by atoms with van der Waals surface area (Å²) in [5.41, 5.74) is 11.6. The average molecular weight is 351 g/mol. The number of nitrogen functional groups attached to an aromatic ring is 1. The number of carbonyl (C=O) groups excluding carboxylic acids is 1. The van der Waals surface area contributed by atoms with Gasteiger partial charge in [-0.25, -0.2) is 0 Å². The molecule has 0 spiro atoms. The van der Waals surface area contributed by atoms with Gasteiger partial charge in [0.2, 0.25) is 0 Å². The molecule has 2 aromatic rings. The van der Waals surface area contributed by atoms with E-state index < -0.39 is 0 Å². The lowest BCUT2D eigenvalue weighted by atomic mass is 9.95. The van der Waals surface area contributed by atoms with Crippen molar-refractivity contribution in [3.05, 3.63) is 53.1 Å². The Morgan fingerprint density at radius 3 is 2.31 bits per heavy atom. The number of piperidine rings is 1. The van der Waals surface area contributed by atoms with Crippen LogP contribution in [0.4, 0.5) is 17.1 Å². The molecule has 4 nitrogen and oxygen atoms in total. The monoisotopic (exact) mass is 351 g/mol. The number of aryl methyl sites for hydroxylation is 2. The molecule has 0 radical (unpaired) electrons. The van der Waals surface area contributed by atoms with Gasteiger partial charge in [0.05, 0.1) is 11.4 Å². The first-order valence-corrected chi connectivity index (χ1v) is 9.43. The Kier molecular flexibility index (Phi) is 5.21. The van der Waals surface area contributed by atoms with E-state index in [2.05, 4.69) is 31.0 Å². The summed E-state index contributed by atoms with van der Waals surface area (Å²) in [6, 6.07) is 12.5. The summed E-state index contributed by atoms with van der Waals surface area (Å²) in [6.45, 7) is 8.64. The summed E-state index contributed by atoms with van der Waals surface area (Å²) in [6.07, 6.45) is 3.66. The summed E-state index contributed by atoms with van der Waals surface area (Å²) in [5, 5.41) is 2.99. The van der Waals surface area contributed by atoms with Gasteiger partial charge in [-0.15, -0.1) is 0 Å². The second kappa shape index (κ2) is 7.40. The number of nitrogens with one attached hydrogen (secondary N) is 1. The molecule has 0 saturated carbocycles. The molecular weight excluding hydrogens is 322 g/mol. The minimum Gasteiger partial charge on any atom is -0.397 e. The molecular formula is C22H29N3O. The molecule has 3 N–H and O–H groups in total. The molecule has 138 valence electrons. The van der Waals surface area contributed by atoms with Crippen LogP contribution < -0.4 is 16.0 Å². The van der Waals surface area contributed by atoms with Crippen molar-refractivity contribution in [1.82, 2.24) is 0 Å². The van der Waals surface area contributed by atoms with Gasteiger partial charge in [0.1, 0.15) is 0 Å². The highest BCUT2D eigenvalue weighted by molar-refractivity contribution is 6.06. The first kappa shape index (κ1) is 18.3. The summed E-state index contributed by atoms with van der Waals surface area (Å²) in [7, 11) is 0. The van der Waals surface area contributed by atoms with Crippen LogP contribution >= 0.6 is 0 Å². The van der Waals surface area contributed by atoms with Gasteiger partial charge in [-0.3, -0.25) is 4.79 Å². The fraction of sp³-hybridized carbons (Fsp3) is 0.409. The number of hydrogen-bond acceptors (Lipinski definition) is 3. The fourth-order valence-corrected chi connectivity index (χ4v) is 3.90. The van der Waals surface area contributed by atoms with E-state index in [1.165, 1.54) is 19.3 Å². The Labute approximate surface area is 156 Å². The highest BCUT2D eigenvalue weighted by atomic mass is 16.1. The van der Waals surface area contributed by atoms with E-state index in [9.17, 15) is 4.79 Å². The van der Waals surface area contributed by atoms with Crippen LogP contribution in [0.3, 0.4) is 0 Å². The first-order chi connectivity index (χ1) is 12.4. The van der Waals surface area contributed by atoms with Crippen molar-refractivity contribution < 1.29 is 4.79 Å². The zero-order valence-corrected chi connectivity index (χ0v) is 16.2. The van der Waals surface area contributed by atoms with Crippen molar-refractivity contribution in [3.8, 4) is 0 Å². The van der Waals surface area contributed by atoms with Crippen LogP contribution in [0.5, 0.6) is 0 Å². The van der Waals surface area contributed by atoms with Crippen molar-refractivity contribution in [2.75, 3.05) is 16.0 Å². The van der Waals surface area contributed by atoms with E-state index in [1.807, 2.05) is 43.3 Å². The Morgan fingerprint density at radius 1 is 1.08 bits per heavy atom. The van der Waals surface area contributed by atoms with E-state index in [0.29, 0.717) is 29.0 Å². The van der Waals surface area contributed by atoms with E-state index in [4.69, 9.17) is 5.73 Å². The standard InChI is InChI=1S/C22H29N3O/c1-14-8-10-18(11-9-14)22(26)24-20-13-21(15(2)12-19(20)23)25-16(3)6-5-7-17(25)4/h8-13,16-17H,5-7,23H2,1-4H3,(H,24,26)/t16-,17+. The average Bonchev–Trinajstić information content (AvgIpc) is 2.59. The van der Waals surface area contributed by atoms with Crippen LogP contribution in [0.2, 0.25) is 0 Å². The van der Waals surface area contributed by atoms with Crippen molar-refractivity contribution in [2.24, 2.45) is 0 Å². The third-order valence-corrected chi connectivity index (χ3v) is 5.40. The number of hydrogen-bond donors (Lipinski definition) is 2. The van der Waals surface area contributed by atoms with Gasteiger partial charge in [0.15, 0.2) is 0 Å². The minimum atomic E-state index is -0.133. The summed E-state index contributed by atoms with van der Waals surface area (Å²) in [4.78, 5) is 15.1. The van der Waals surface area contributed by atoms with Gasteiger partial charge < -0.3 is 16.0 Å². The third kappa shape index (κ3) is 3.69. The fourth-order valence-electron chi connectivity index (χ4n) is 3.90. The number of nitrogens with two attached hydrogens (primary N) is 1. The number of carbonyl (C=O) groups is 1. The van der Waals surface area contributed by atoms with Crippen LogP contribution in [0.15, 0.2) is 36.4 Å². The second-order valence-electron chi connectivity index (χ2n) is 7.58. The van der Waals surface area contributed by atoms with Crippen molar-refractivity contribution in [2.45, 2.75) is 59.0 Å². The van der Waals surface area contributed by atoms with Gasteiger partial charge in [-0.05, 0) is 76.8 Å². The largest absolute Gasteiger partial charge is 0.397 e. The molecule has 2 atom stereocenters. The summed E-state index contributed by atoms with van der Waals surface area (Å²) < 4.78 is 0. The van der Waals surface area contributed by atoms with Crippen LogP contribution in [0.1, 0.15) is 54.6 Å². The third-order valence-electron chi connectivity index (χ3n) is 5.40. The molecule has 1 amide bonds. The predicted octanol–water partition coefficient (Wildman–Crippen LogP) is 4.91. The number of nitrogens with zero attached hydrogens (tertiary/aromatic N) is 1. The molecule has 1 heterocycles. The Hall–Kier alpha value is -2.49. The maximum absolute atomic E-state index is 12.6. The second-order valence-corrected chi connectivity index (χ2v) is 7.58. The SMILES string of the molecule is Cc1ccc(C(=O)Nc2cc(N3[C@H](C)CCC[C@@H]3C)c(C)cc2N)cc1. The maximum atomic E-state index is 12.6. The molecule has 3 rings (SSSR count). The molecule has 2 aromatic carbocycles. The summed E-state index contributed by atoms with van der Waals surface area (Å²) >= 11 is 0. The Morgan fingerprint density at radius 2 is 1.69 bits per heavy atom. The van der Waals surface area contributed by atoms with Gasteiger partial charge in [-0.1, -0.05) is 17.7 Å². The lowest BCUT2D eigenvalue weighted by Gasteiger charge is -2.42. The van der Waals surface area contributed by atoms with E-state index in [0.717, 1.165) is 16.8 Å². The van der Waals surface area contributed by atoms with Gasteiger partial charge >= 0.3 is 0 Å². The number of anilines is 3. The molecule has 1 aliphatic heterocycles. The molecule has 1 fully saturated rings. The first-order valence-electron chi connectivity index (χ1n) is 9.43. The van der Waals surface area contributed by atoms with Crippen LogP contribution in [-0.2, 0) is 0 Å². The zero-order valence-electron chi connectivity index (χ0n) is 16.2. The lowest BCUT2D eigenvalue weighted by molar-refractivity contribution is 0.102. The van der Waals surface area contributed by atoms with Crippen molar-refractivity contribution in [1.29, 1.82) is 0 Å². The molecule has 26 heavy (non-hydrogen) atoms. The van der Waals surface area contributed by atoms with Crippen molar-refractivity contribution in [3.63, 3.8) is 0 Å². The highest BCUT2D eigenvalue weighted by Crippen LogP contribution is 2.35. The maximum Gasteiger partial charge on any atom is 0.255 e. The molecule has 1 saturated heterocycles. The summed E-state index contributed by atoms with van der Waals surface area (Å²) in [5.74, 6) is -0.133. The number of benzene rings is 2. The molecule has 0 bridgehead atoms. The van der Waals surface area contributed by atoms with Gasteiger partial charge in [-0.2, -0.15) is 0 Å². The molecule has 0 unspecified atom stereocenters. The zero-order chi connectivity index (χ0) is 18.8. The van der Waals surface area contributed by atoms with E-state index in [1.54, 1.807) is 0 Å². The molecule has 1 aliphatic rings. The predicted molar refractivity (Wildman–Crippen MR) is 110 cm³/mol. The van der Waals surface area contributed by atoms with Crippen LogP contribution in [-0.4, -0.2) is 18.0 Å². The minimum absolute atomic E-state index is 0.133. The van der Waals surface area contributed by atoms with E-state index in [-0.39, 0.29) is 5.91 Å². The normalized spacial score (nSPS) is 20.1. The molecule has 4 heteroatoms. The van der Waals surface area contributed by atoms with Crippen LogP contribution in [0.25, 0.3) is 0 Å². The Bertz CT molecular complexity index is 788. The van der Waals surface area contributed by atoms with Gasteiger partial charge in [0, 0.05) is 23.3 Å². The van der Waals surface area contributed by atoms with Crippen LogP contribution in [0, 0.1) is 13.8 Å². The van der Waals surface area contributed by atoms with E-state index >= 15 is 0 Å². The van der Waals surface area contributed by atoms with Crippen molar-refractivity contribution >= 4 is 23.0 Å². The quantitative estimate of drug-likeness (QED) is 0.773. The highest BCUT2D eigenvalue weighted by Gasteiger charge is 2.26. The number of rotatable bonds is 3. The smallest absolute Gasteiger partial charge is 0.255 e. The molecule has 0 aromatic heterocycles. The van der Waals surface area contributed by atoms with Gasteiger partial charge in [0.25, 0.3) is 5.91 Å². The molecule has 0 aliphatic carbocycles. The number of amides is 1. The Balaban J connectivity index is 1.90. The topological polar surface area (TPSA) is 58.4 Å².